The summed E-state index contributed by atoms with van der Waals surface area (Å²) in [4.78, 5) is 2.19. The van der Waals surface area contributed by atoms with Gasteiger partial charge in [-0.25, -0.2) is 9.48 Å². The Morgan fingerprint density at radius 2 is 1.89 bits per heavy atom. The summed E-state index contributed by atoms with van der Waals surface area (Å²) in [6.07, 6.45) is 1.04. The average Bonchev–Trinajstić information content (AvgIpc) is 3.08. The van der Waals surface area contributed by atoms with Crippen LogP contribution in [0.4, 0.5) is 5.69 Å². The van der Waals surface area contributed by atoms with Gasteiger partial charge >= 0.3 is 5.17 Å². The van der Waals surface area contributed by atoms with Crippen LogP contribution in [0.5, 0.6) is 17.2 Å². The molecule has 0 saturated heterocycles. The van der Waals surface area contributed by atoms with Crippen molar-refractivity contribution in [2.75, 3.05) is 44.1 Å². The third-order valence-electron chi connectivity index (χ3n) is 5.43. The van der Waals surface area contributed by atoms with Crippen LogP contribution in [0.3, 0.4) is 0 Å². The molecule has 3 aliphatic heterocycles. The third kappa shape index (κ3) is 2.81. The molecular formula is C21H23N2O4S+. The second-order valence-corrected chi connectivity index (χ2v) is 8.16. The third-order valence-corrected chi connectivity index (χ3v) is 6.62. The maximum Gasteiger partial charge on any atom is 0.316 e. The Kier molecular flexibility index (Phi) is 4.36. The van der Waals surface area contributed by atoms with Crippen LogP contribution in [0.1, 0.15) is 12.0 Å². The number of amidine groups is 1. The minimum atomic E-state index is -1.11. The number of anilines is 1. The van der Waals surface area contributed by atoms with Gasteiger partial charge in [0.25, 0.3) is 5.72 Å². The summed E-state index contributed by atoms with van der Waals surface area (Å²) in [6, 6.07) is 13.7. The zero-order valence-corrected chi connectivity index (χ0v) is 16.6. The van der Waals surface area contributed by atoms with E-state index in [1.807, 2.05) is 42.5 Å². The normalized spacial score (nSPS) is 23.6. The van der Waals surface area contributed by atoms with Crippen molar-refractivity contribution >= 4 is 22.6 Å². The molecule has 1 atom stereocenters. The van der Waals surface area contributed by atoms with Crippen LogP contribution in [0.15, 0.2) is 42.5 Å². The topological polar surface area (TPSA) is 54.2 Å². The van der Waals surface area contributed by atoms with Crippen molar-refractivity contribution < 1.29 is 23.9 Å². The number of benzene rings is 2. The van der Waals surface area contributed by atoms with Crippen molar-refractivity contribution in [1.29, 1.82) is 0 Å². The van der Waals surface area contributed by atoms with Gasteiger partial charge in [0.1, 0.15) is 24.7 Å². The van der Waals surface area contributed by atoms with Gasteiger partial charge in [0.15, 0.2) is 18.0 Å². The molecule has 0 saturated carbocycles. The molecule has 1 N–H and O–H groups in total. The van der Waals surface area contributed by atoms with Gasteiger partial charge < -0.3 is 19.3 Å². The van der Waals surface area contributed by atoms with Gasteiger partial charge in [-0.15, -0.1) is 0 Å². The van der Waals surface area contributed by atoms with E-state index in [4.69, 9.17) is 14.2 Å². The standard InChI is InChI=1S/C21H23N2O4S/c1-25-17-6-4-16(5-7-17)22-14-21(24,23-9-2-12-28-20(22)23)15-3-8-18-19(13-15)27-11-10-26-18/h3-8,13,24H,2,9-12,14H2,1H3/q+1/t21-/m1/s1. The van der Waals surface area contributed by atoms with Gasteiger partial charge in [-0.1, -0.05) is 0 Å². The Balaban J connectivity index is 1.55. The van der Waals surface area contributed by atoms with Crippen LogP contribution in [0.25, 0.3) is 0 Å². The lowest BCUT2D eigenvalue weighted by molar-refractivity contribution is -0.656. The molecule has 28 heavy (non-hydrogen) atoms. The summed E-state index contributed by atoms with van der Waals surface area (Å²) < 4.78 is 18.8. The maximum absolute atomic E-state index is 11.8. The first-order chi connectivity index (χ1) is 13.7. The molecule has 6 nitrogen and oxygen atoms in total. The van der Waals surface area contributed by atoms with Gasteiger partial charge in [0, 0.05) is 11.3 Å². The first kappa shape index (κ1) is 17.7. The number of fused-ring (bicyclic) bond motifs is 1. The van der Waals surface area contributed by atoms with Crippen molar-refractivity contribution in [3.63, 3.8) is 0 Å². The van der Waals surface area contributed by atoms with Crippen LogP contribution in [-0.2, 0) is 5.72 Å². The molecule has 0 amide bonds. The largest absolute Gasteiger partial charge is 0.497 e. The molecule has 2 aromatic carbocycles. The first-order valence-electron chi connectivity index (χ1n) is 9.50. The summed E-state index contributed by atoms with van der Waals surface area (Å²) in [5, 5.41) is 12.9. The summed E-state index contributed by atoms with van der Waals surface area (Å²) in [5.41, 5.74) is 0.759. The molecule has 2 aromatic rings. The SMILES string of the molecule is COc1ccc(N2C[C@@](O)(c3ccc4c(c3)OCCO4)[N+]3=C2SCCC3)cc1. The Labute approximate surface area is 168 Å². The molecule has 0 aromatic heterocycles. The Morgan fingerprint density at radius 1 is 1.11 bits per heavy atom. The van der Waals surface area contributed by atoms with Crippen molar-refractivity contribution in [3.8, 4) is 17.2 Å². The van der Waals surface area contributed by atoms with Gasteiger partial charge in [-0.05, 0) is 60.6 Å². The molecule has 0 fully saturated rings. The van der Waals surface area contributed by atoms with E-state index in [0.29, 0.717) is 25.5 Å². The molecule has 0 unspecified atom stereocenters. The second-order valence-electron chi connectivity index (χ2n) is 7.10. The number of aliphatic hydroxyl groups is 1. The fourth-order valence-electron chi connectivity index (χ4n) is 4.00. The number of thioether (sulfide) groups is 1. The van der Waals surface area contributed by atoms with E-state index in [1.54, 1.807) is 18.9 Å². The minimum absolute atomic E-state index is 0.460. The number of hydrogen-bond donors (Lipinski definition) is 1. The van der Waals surface area contributed by atoms with Gasteiger partial charge in [-0.2, -0.15) is 0 Å². The highest BCUT2D eigenvalue weighted by Crippen LogP contribution is 2.41. The summed E-state index contributed by atoms with van der Waals surface area (Å²) in [7, 11) is 1.67. The summed E-state index contributed by atoms with van der Waals surface area (Å²) in [6.45, 7) is 2.37. The number of β-amino-alcohol motifs (C(OH)–C–C–N with tert-alkyl or cyclic N) is 1. The molecule has 0 bridgehead atoms. The molecule has 5 rings (SSSR count). The van der Waals surface area contributed by atoms with E-state index in [0.717, 1.165) is 46.6 Å². The highest BCUT2D eigenvalue weighted by atomic mass is 32.2. The van der Waals surface area contributed by atoms with E-state index in [2.05, 4.69) is 9.48 Å². The van der Waals surface area contributed by atoms with Gasteiger partial charge in [0.2, 0.25) is 0 Å². The van der Waals surface area contributed by atoms with E-state index >= 15 is 0 Å². The second kappa shape index (κ2) is 6.90. The van der Waals surface area contributed by atoms with E-state index in [-0.39, 0.29) is 0 Å². The lowest BCUT2D eigenvalue weighted by atomic mass is 10.0. The molecule has 0 radical (unpaired) electrons. The van der Waals surface area contributed by atoms with Crippen LogP contribution < -0.4 is 19.1 Å². The molecule has 146 valence electrons. The van der Waals surface area contributed by atoms with Crippen LogP contribution >= 0.6 is 11.8 Å². The fraction of sp³-hybridized carbons (Fsp3) is 0.381. The van der Waals surface area contributed by atoms with Crippen LogP contribution in [0, 0.1) is 0 Å². The Hall–Kier alpha value is -2.38. The molecule has 3 aliphatic rings. The van der Waals surface area contributed by atoms with Gasteiger partial charge in [-0.3, -0.25) is 0 Å². The molecule has 7 heteroatoms. The molecule has 0 spiro atoms. The Bertz CT molecular complexity index is 931. The van der Waals surface area contributed by atoms with Crippen molar-refractivity contribution in [1.82, 2.24) is 0 Å². The highest BCUT2D eigenvalue weighted by Gasteiger charge is 2.53. The average molecular weight is 399 g/mol. The quantitative estimate of drug-likeness (QED) is 0.801. The number of ether oxygens (including phenoxy) is 3. The number of methoxy groups -OCH3 is 1. The lowest BCUT2D eigenvalue weighted by Gasteiger charge is -2.26. The maximum atomic E-state index is 11.8. The Morgan fingerprint density at radius 3 is 2.68 bits per heavy atom. The van der Waals surface area contributed by atoms with Crippen molar-refractivity contribution in [2.45, 2.75) is 12.1 Å². The van der Waals surface area contributed by atoms with E-state index < -0.39 is 5.72 Å². The lowest BCUT2D eigenvalue weighted by Crippen LogP contribution is -2.41. The van der Waals surface area contributed by atoms with Crippen LogP contribution in [0.2, 0.25) is 0 Å². The summed E-state index contributed by atoms with van der Waals surface area (Å²) >= 11 is 1.79. The predicted octanol–water partition coefficient (Wildman–Crippen LogP) is 2.64. The molecular weight excluding hydrogens is 376 g/mol. The van der Waals surface area contributed by atoms with E-state index in [9.17, 15) is 5.11 Å². The van der Waals surface area contributed by atoms with Gasteiger partial charge in [0.05, 0.1) is 13.7 Å². The monoisotopic (exact) mass is 399 g/mol. The van der Waals surface area contributed by atoms with Crippen LogP contribution in [-0.4, -0.2) is 54.0 Å². The number of nitrogens with zero attached hydrogens (tertiary/aromatic N) is 2. The smallest absolute Gasteiger partial charge is 0.316 e. The highest BCUT2D eigenvalue weighted by molar-refractivity contribution is 8.13. The fourth-order valence-corrected chi connectivity index (χ4v) is 5.18. The summed E-state index contributed by atoms with van der Waals surface area (Å²) in [5.74, 6) is 3.31. The molecule has 3 heterocycles. The predicted molar refractivity (Wildman–Crippen MR) is 109 cm³/mol. The zero-order valence-electron chi connectivity index (χ0n) is 15.8. The van der Waals surface area contributed by atoms with Crippen molar-refractivity contribution in [3.05, 3.63) is 48.0 Å². The molecule has 0 aliphatic carbocycles. The number of rotatable bonds is 3. The first-order valence-corrected chi connectivity index (χ1v) is 10.5. The van der Waals surface area contributed by atoms with Crippen molar-refractivity contribution in [2.24, 2.45) is 0 Å². The number of hydrogen-bond acceptors (Lipinski definition) is 6. The minimum Gasteiger partial charge on any atom is -0.497 e. The zero-order chi connectivity index (χ0) is 19.1. The van der Waals surface area contributed by atoms with E-state index in [1.165, 1.54) is 0 Å².